The first-order valence-electron chi connectivity index (χ1n) is 7.38. The van der Waals surface area contributed by atoms with Crippen molar-refractivity contribution in [3.63, 3.8) is 0 Å². The maximum atomic E-state index is 12.3. The van der Waals surface area contributed by atoms with Gasteiger partial charge in [-0.25, -0.2) is 0 Å². The molecule has 108 valence electrons. The van der Waals surface area contributed by atoms with E-state index in [1.54, 1.807) is 0 Å². The van der Waals surface area contributed by atoms with E-state index in [9.17, 15) is 4.79 Å². The number of thioether (sulfide) groups is 1. The minimum atomic E-state index is 0.227. The van der Waals surface area contributed by atoms with Crippen LogP contribution < -0.4 is 4.90 Å². The fourth-order valence-corrected chi connectivity index (χ4v) is 3.41. The van der Waals surface area contributed by atoms with E-state index in [4.69, 9.17) is 0 Å². The summed E-state index contributed by atoms with van der Waals surface area (Å²) in [6.45, 7) is 2.81. The lowest BCUT2D eigenvalue weighted by Crippen LogP contribution is -2.34. The molecule has 1 aliphatic heterocycles. The molecule has 3 heteroatoms. The SMILES string of the molecule is CCSc1ccc2c(c1)N(Cc1ccccc1)C(=O)CC2. The van der Waals surface area contributed by atoms with Gasteiger partial charge in [0.2, 0.25) is 5.91 Å². The van der Waals surface area contributed by atoms with Crippen molar-refractivity contribution in [1.82, 2.24) is 0 Å². The largest absolute Gasteiger partial charge is 0.308 e. The number of anilines is 1. The summed E-state index contributed by atoms with van der Waals surface area (Å²) in [5.74, 6) is 1.27. The number of benzene rings is 2. The molecule has 2 aromatic rings. The molecular weight excluding hydrogens is 278 g/mol. The van der Waals surface area contributed by atoms with E-state index in [1.807, 2.05) is 34.9 Å². The van der Waals surface area contributed by atoms with Crippen LogP contribution in [0.4, 0.5) is 5.69 Å². The molecule has 2 aromatic carbocycles. The van der Waals surface area contributed by atoms with Gasteiger partial charge in [-0.3, -0.25) is 4.79 Å². The quantitative estimate of drug-likeness (QED) is 0.785. The second kappa shape index (κ2) is 6.35. The summed E-state index contributed by atoms with van der Waals surface area (Å²) in [4.78, 5) is 15.5. The second-order valence-corrected chi connectivity index (χ2v) is 6.53. The van der Waals surface area contributed by atoms with Crippen LogP contribution in [0.25, 0.3) is 0 Å². The van der Waals surface area contributed by atoms with Gasteiger partial charge in [0.15, 0.2) is 0 Å². The van der Waals surface area contributed by atoms with Crippen LogP contribution in [0.5, 0.6) is 0 Å². The van der Waals surface area contributed by atoms with Gasteiger partial charge in [-0.1, -0.05) is 43.3 Å². The van der Waals surface area contributed by atoms with Gasteiger partial charge in [-0.05, 0) is 35.4 Å². The van der Waals surface area contributed by atoms with Crippen LogP contribution in [0.2, 0.25) is 0 Å². The van der Waals surface area contributed by atoms with Crippen LogP contribution in [0, 0.1) is 0 Å². The molecule has 0 atom stereocenters. The lowest BCUT2D eigenvalue weighted by Gasteiger charge is -2.30. The van der Waals surface area contributed by atoms with Gasteiger partial charge in [0.1, 0.15) is 0 Å². The van der Waals surface area contributed by atoms with Crippen molar-refractivity contribution >= 4 is 23.4 Å². The molecule has 1 heterocycles. The van der Waals surface area contributed by atoms with E-state index in [-0.39, 0.29) is 5.91 Å². The summed E-state index contributed by atoms with van der Waals surface area (Å²) in [6, 6.07) is 16.7. The molecule has 0 fully saturated rings. The number of carbonyl (C=O) groups excluding carboxylic acids is 1. The highest BCUT2D eigenvalue weighted by Gasteiger charge is 2.24. The third-order valence-corrected chi connectivity index (χ3v) is 4.63. The van der Waals surface area contributed by atoms with Crippen LogP contribution in [0.1, 0.15) is 24.5 Å². The molecule has 0 saturated carbocycles. The fourth-order valence-electron chi connectivity index (χ4n) is 2.71. The number of hydrogen-bond acceptors (Lipinski definition) is 2. The number of fused-ring (bicyclic) bond motifs is 1. The fraction of sp³-hybridized carbons (Fsp3) is 0.278. The van der Waals surface area contributed by atoms with Crippen LogP contribution in [0.15, 0.2) is 53.4 Å². The van der Waals surface area contributed by atoms with Crippen LogP contribution in [0.3, 0.4) is 0 Å². The molecule has 2 nitrogen and oxygen atoms in total. The van der Waals surface area contributed by atoms with E-state index < -0.39 is 0 Å². The number of carbonyl (C=O) groups is 1. The highest BCUT2D eigenvalue weighted by Crippen LogP contribution is 2.33. The molecule has 0 radical (unpaired) electrons. The van der Waals surface area contributed by atoms with Crippen molar-refractivity contribution < 1.29 is 4.79 Å². The summed E-state index contributed by atoms with van der Waals surface area (Å²) in [5.41, 5.74) is 3.55. The predicted molar refractivity (Wildman–Crippen MR) is 88.8 cm³/mol. The van der Waals surface area contributed by atoms with Gasteiger partial charge in [0.25, 0.3) is 0 Å². The molecule has 0 unspecified atom stereocenters. The summed E-state index contributed by atoms with van der Waals surface area (Å²) in [7, 11) is 0. The first-order chi connectivity index (χ1) is 10.3. The standard InChI is InChI=1S/C18H19NOS/c1-2-21-16-10-8-15-9-11-18(20)19(17(15)12-16)13-14-6-4-3-5-7-14/h3-8,10,12H,2,9,11,13H2,1H3. The zero-order valence-electron chi connectivity index (χ0n) is 12.2. The average molecular weight is 297 g/mol. The van der Waals surface area contributed by atoms with Crippen molar-refractivity contribution in [2.24, 2.45) is 0 Å². The summed E-state index contributed by atoms with van der Waals surface area (Å²) in [6.07, 6.45) is 1.47. The average Bonchev–Trinajstić information content (AvgIpc) is 2.52. The molecule has 0 saturated heterocycles. The highest BCUT2D eigenvalue weighted by molar-refractivity contribution is 7.99. The number of rotatable bonds is 4. The Morgan fingerprint density at radius 3 is 2.67 bits per heavy atom. The number of aryl methyl sites for hydroxylation is 1. The van der Waals surface area contributed by atoms with Gasteiger partial charge in [-0.2, -0.15) is 0 Å². The summed E-state index contributed by atoms with van der Waals surface area (Å²) < 4.78 is 0. The van der Waals surface area contributed by atoms with Crippen molar-refractivity contribution in [2.75, 3.05) is 10.7 Å². The lowest BCUT2D eigenvalue weighted by atomic mass is 10.0. The Morgan fingerprint density at radius 2 is 1.90 bits per heavy atom. The highest BCUT2D eigenvalue weighted by atomic mass is 32.2. The first kappa shape index (κ1) is 14.2. The molecule has 0 bridgehead atoms. The zero-order valence-corrected chi connectivity index (χ0v) is 13.0. The molecule has 1 aliphatic rings. The smallest absolute Gasteiger partial charge is 0.227 e. The molecular formula is C18H19NOS. The molecule has 1 amide bonds. The van der Waals surface area contributed by atoms with Crippen molar-refractivity contribution in [1.29, 1.82) is 0 Å². The van der Waals surface area contributed by atoms with E-state index in [0.29, 0.717) is 13.0 Å². The maximum absolute atomic E-state index is 12.3. The van der Waals surface area contributed by atoms with Gasteiger partial charge >= 0.3 is 0 Å². The monoisotopic (exact) mass is 297 g/mol. The van der Waals surface area contributed by atoms with E-state index in [2.05, 4.69) is 37.3 Å². The normalized spacial score (nSPS) is 14.1. The third kappa shape index (κ3) is 3.13. The Bertz CT molecular complexity index is 639. The molecule has 3 rings (SSSR count). The third-order valence-electron chi connectivity index (χ3n) is 3.75. The van der Waals surface area contributed by atoms with E-state index in [1.165, 1.54) is 16.0 Å². The Hall–Kier alpha value is -1.74. The molecule has 0 N–H and O–H groups in total. The molecule has 21 heavy (non-hydrogen) atoms. The zero-order chi connectivity index (χ0) is 14.7. The van der Waals surface area contributed by atoms with Crippen molar-refractivity contribution in [3.8, 4) is 0 Å². The van der Waals surface area contributed by atoms with Crippen molar-refractivity contribution in [3.05, 3.63) is 59.7 Å². The predicted octanol–water partition coefficient (Wildman–Crippen LogP) is 4.28. The topological polar surface area (TPSA) is 20.3 Å². The van der Waals surface area contributed by atoms with Gasteiger partial charge in [-0.15, -0.1) is 11.8 Å². The maximum Gasteiger partial charge on any atom is 0.227 e. The van der Waals surface area contributed by atoms with Crippen LogP contribution in [-0.2, 0) is 17.8 Å². The lowest BCUT2D eigenvalue weighted by molar-refractivity contribution is -0.119. The second-order valence-electron chi connectivity index (χ2n) is 5.19. The number of nitrogens with zero attached hydrogens (tertiary/aromatic N) is 1. The van der Waals surface area contributed by atoms with Gasteiger partial charge in [0.05, 0.1) is 6.54 Å². The first-order valence-corrected chi connectivity index (χ1v) is 8.36. The Morgan fingerprint density at radius 1 is 1.10 bits per heavy atom. The van der Waals surface area contributed by atoms with E-state index >= 15 is 0 Å². The summed E-state index contributed by atoms with van der Waals surface area (Å²) in [5, 5.41) is 0. The molecule has 0 aliphatic carbocycles. The van der Waals surface area contributed by atoms with Crippen molar-refractivity contribution in [2.45, 2.75) is 31.2 Å². The van der Waals surface area contributed by atoms with Crippen LogP contribution >= 0.6 is 11.8 Å². The van der Waals surface area contributed by atoms with Gasteiger partial charge < -0.3 is 4.90 Å². The Balaban J connectivity index is 1.93. The van der Waals surface area contributed by atoms with Crippen LogP contribution in [-0.4, -0.2) is 11.7 Å². The number of amides is 1. The molecule has 0 aromatic heterocycles. The van der Waals surface area contributed by atoms with E-state index in [0.717, 1.165) is 17.9 Å². The Kier molecular flexibility index (Phi) is 4.30. The Labute approximate surface area is 130 Å². The van der Waals surface area contributed by atoms with Gasteiger partial charge in [0, 0.05) is 17.0 Å². The minimum absolute atomic E-state index is 0.227. The minimum Gasteiger partial charge on any atom is -0.308 e. The molecule has 0 spiro atoms. The summed E-state index contributed by atoms with van der Waals surface area (Å²) >= 11 is 1.82. The number of hydrogen-bond donors (Lipinski definition) is 0.